The molecule has 0 saturated heterocycles. The molecule has 5 N–H and O–H groups in total. The van der Waals surface area contributed by atoms with Crippen molar-refractivity contribution in [1.82, 2.24) is 29.9 Å². The molecule has 0 radical (unpaired) electrons. The lowest BCUT2D eigenvalue weighted by Gasteiger charge is -2.11. The number of rotatable bonds is 12. The number of nitrogens with zero attached hydrogens (tertiary/aromatic N) is 6. The Morgan fingerprint density at radius 1 is 0.604 bits per heavy atom. The lowest BCUT2D eigenvalue weighted by Crippen LogP contribution is -2.07. The molecule has 5 aromatic rings. The molecule has 2 aromatic heterocycles. The number of ether oxygens (including phenoxy) is 2. The van der Waals surface area contributed by atoms with Gasteiger partial charge in [0.2, 0.25) is 23.1 Å². The molecular weight excluding hydrogens is 690 g/mol. The quantitative estimate of drug-likeness (QED) is 0.0874. The summed E-state index contributed by atoms with van der Waals surface area (Å²) in [5, 5.41) is 8.41. The van der Waals surface area contributed by atoms with Crippen molar-refractivity contribution >= 4 is 78.9 Å². The van der Waals surface area contributed by atoms with E-state index in [1.165, 1.54) is 50.6 Å². The third-order valence-corrected chi connectivity index (χ3v) is 8.12. The number of methoxy groups -OCH3 is 2. The van der Waals surface area contributed by atoms with Crippen molar-refractivity contribution in [2.75, 3.05) is 30.2 Å². The zero-order valence-electron chi connectivity index (χ0n) is 24.7. The number of anilines is 6. The maximum Gasteiger partial charge on any atom is 0.322 e. The summed E-state index contributed by atoms with van der Waals surface area (Å²) in [6.07, 6.45) is 2.49. The van der Waals surface area contributed by atoms with Crippen LogP contribution in [0.1, 0.15) is 11.1 Å². The van der Waals surface area contributed by atoms with E-state index in [1.807, 2.05) is 18.2 Å². The molecule has 2 heterocycles. The van der Waals surface area contributed by atoms with E-state index in [0.29, 0.717) is 5.69 Å². The van der Waals surface area contributed by atoms with E-state index >= 15 is 0 Å². The predicted molar refractivity (Wildman–Crippen MR) is 175 cm³/mol. The molecule has 48 heavy (non-hydrogen) atoms. The molecule has 0 spiro atoms. The van der Waals surface area contributed by atoms with Gasteiger partial charge >= 0.3 is 12.0 Å². The molecule has 3 aromatic carbocycles. The third kappa shape index (κ3) is 8.66. The molecule has 0 aliphatic carbocycles. The number of para-hydroxylation sites is 1. The SMILES string of the molecule is COc1nc(Cl)nc(Nc2ccc(C=Cc3ccc(Nc4nc(Nc5ccccc5)nc(OC)n4)cc3S(=O)(=O)O)c(S(=O)(=O)O)c2)n1. The fourth-order valence-corrected chi connectivity index (χ4v) is 5.65. The predicted octanol–water partition coefficient (Wildman–Crippen LogP) is 4.62. The Hall–Kier alpha value is -5.47. The summed E-state index contributed by atoms with van der Waals surface area (Å²) in [6.45, 7) is 0. The Balaban J connectivity index is 1.44. The summed E-state index contributed by atoms with van der Waals surface area (Å²) in [6, 6.07) is 16.8. The second-order valence-corrected chi connectivity index (χ2v) is 12.5. The molecule has 20 heteroatoms. The number of halogens is 1. The van der Waals surface area contributed by atoms with Gasteiger partial charge in [0.25, 0.3) is 20.2 Å². The highest BCUT2D eigenvalue weighted by Gasteiger charge is 2.19. The first-order chi connectivity index (χ1) is 22.8. The Morgan fingerprint density at radius 2 is 1.04 bits per heavy atom. The Kier molecular flexibility index (Phi) is 9.96. The van der Waals surface area contributed by atoms with Crippen LogP contribution in [0.5, 0.6) is 12.0 Å². The summed E-state index contributed by atoms with van der Waals surface area (Å²) >= 11 is 5.86. The number of aromatic nitrogens is 6. The normalized spacial score (nSPS) is 11.7. The number of hydrogen-bond donors (Lipinski definition) is 5. The van der Waals surface area contributed by atoms with Crippen LogP contribution in [0.25, 0.3) is 12.2 Å². The van der Waals surface area contributed by atoms with Crippen LogP contribution in [-0.4, -0.2) is 70.1 Å². The molecule has 0 bridgehead atoms. The molecule has 0 unspecified atom stereocenters. The van der Waals surface area contributed by atoms with E-state index in [9.17, 15) is 25.9 Å². The molecule has 248 valence electrons. The van der Waals surface area contributed by atoms with Gasteiger partial charge in [-0.05, 0) is 59.1 Å². The fourth-order valence-electron chi connectivity index (χ4n) is 4.07. The summed E-state index contributed by atoms with van der Waals surface area (Å²) in [5.74, 6) is 0.0641. The molecular formula is C28H24ClN9O8S2. The van der Waals surface area contributed by atoms with Gasteiger partial charge in [-0.1, -0.05) is 42.5 Å². The van der Waals surface area contributed by atoms with Crippen molar-refractivity contribution in [2.45, 2.75) is 9.79 Å². The van der Waals surface area contributed by atoms with Crippen LogP contribution < -0.4 is 25.4 Å². The Labute approximate surface area is 278 Å². The third-order valence-electron chi connectivity index (χ3n) is 6.14. The molecule has 5 rings (SSSR count). The molecule has 0 aliphatic heterocycles. The number of benzene rings is 3. The van der Waals surface area contributed by atoms with E-state index in [0.717, 1.165) is 12.1 Å². The topological polar surface area (TPSA) is 241 Å². The maximum atomic E-state index is 12.4. The van der Waals surface area contributed by atoms with Crippen LogP contribution in [0.2, 0.25) is 5.28 Å². The van der Waals surface area contributed by atoms with Crippen molar-refractivity contribution < 1.29 is 35.4 Å². The first-order valence-electron chi connectivity index (χ1n) is 13.3. The smallest absolute Gasteiger partial charge is 0.322 e. The van der Waals surface area contributed by atoms with Gasteiger partial charge in [-0.3, -0.25) is 9.11 Å². The summed E-state index contributed by atoms with van der Waals surface area (Å²) < 4.78 is 79.4. The Bertz CT molecular complexity index is 2230. The van der Waals surface area contributed by atoms with Crippen LogP contribution in [0.3, 0.4) is 0 Å². The summed E-state index contributed by atoms with van der Waals surface area (Å²) in [7, 11) is -6.91. The van der Waals surface area contributed by atoms with Crippen molar-refractivity contribution in [3.63, 3.8) is 0 Å². The zero-order valence-corrected chi connectivity index (χ0v) is 27.1. The number of hydrogen-bond acceptors (Lipinski definition) is 15. The largest absolute Gasteiger partial charge is 0.467 e. The minimum Gasteiger partial charge on any atom is -0.467 e. The van der Waals surface area contributed by atoms with Crippen LogP contribution >= 0.6 is 11.6 Å². The van der Waals surface area contributed by atoms with Crippen molar-refractivity contribution in [2.24, 2.45) is 0 Å². The first kappa shape index (κ1) is 33.9. The minimum atomic E-state index is -4.80. The fraction of sp³-hybridized carbons (Fsp3) is 0.0714. The van der Waals surface area contributed by atoms with Crippen LogP contribution in [0.15, 0.2) is 76.5 Å². The van der Waals surface area contributed by atoms with Gasteiger partial charge in [0.15, 0.2) is 0 Å². The molecule has 0 aliphatic rings. The van der Waals surface area contributed by atoms with Crippen molar-refractivity contribution in [3.8, 4) is 12.0 Å². The number of nitrogens with one attached hydrogen (secondary N) is 3. The molecule has 0 amide bonds. The van der Waals surface area contributed by atoms with E-state index in [2.05, 4.69) is 45.9 Å². The average molecular weight is 714 g/mol. The molecule has 0 atom stereocenters. The van der Waals surface area contributed by atoms with E-state index in [4.69, 9.17) is 21.1 Å². The van der Waals surface area contributed by atoms with Crippen LogP contribution in [0.4, 0.5) is 34.9 Å². The minimum absolute atomic E-state index is 0.00534. The molecule has 0 saturated carbocycles. The second-order valence-electron chi connectivity index (χ2n) is 9.41. The second kappa shape index (κ2) is 14.1. The van der Waals surface area contributed by atoms with Crippen LogP contribution in [0, 0.1) is 0 Å². The lowest BCUT2D eigenvalue weighted by atomic mass is 10.1. The average Bonchev–Trinajstić information content (AvgIpc) is 3.03. The molecule has 0 fully saturated rings. The summed E-state index contributed by atoms with van der Waals surface area (Å²) in [5.41, 5.74) is 0.975. The van der Waals surface area contributed by atoms with E-state index in [-0.39, 0.29) is 57.7 Å². The highest BCUT2D eigenvalue weighted by Crippen LogP contribution is 2.28. The van der Waals surface area contributed by atoms with Gasteiger partial charge in [0.05, 0.1) is 14.2 Å². The lowest BCUT2D eigenvalue weighted by molar-refractivity contribution is 0.379. The Morgan fingerprint density at radius 3 is 1.50 bits per heavy atom. The summed E-state index contributed by atoms with van der Waals surface area (Å²) in [4.78, 5) is 23.1. The van der Waals surface area contributed by atoms with E-state index < -0.39 is 30.0 Å². The van der Waals surface area contributed by atoms with Gasteiger partial charge in [-0.15, -0.1) is 0 Å². The standard InChI is InChI=1S/C28H24ClN9O8S2/c1-45-27-34-23(29)33-24(36-27)31-19-12-10-16(21(14-19)47(39,40)41)8-9-17-11-13-20(15-22(17)48(42,43)44)32-26-35-25(37-28(38-26)46-2)30-18-6-4-3-5-7-18/h3-15H,1-2H3,(H,39,40,41)(H,42,43,44)(H,31,33,34,36)(H2,30,32,35,37,38). The van der Waals surface area contributed by atoms with Crippen molar-refractivity contribution in [3.05, 3.63) is 83.1 Å². The molecule has 17 nitrogen and oxygen atoms in total. The van der Waals surface area contributed by atoms with Gasteiger partial charge in [0, 0.05) is 17.1 Å². The van der Waals surface area contributed by atoms with Gasteiger partial charge in [0.1, 0.15) is 9.79 Å². The van der Waals surface area contributed by atoms with Gasteiger partial charge in [-0.25, -0.2) is 0 Å². The van der Waals surface area contributed by atoms with Crippen molar-refractivity contribution in [1.29, 1.82) is 0 Å². The highest BCUT2D eigenvalue weighted by atomic mass is 35.5. The van der Waals surface area contributed by atoms with E-state index in [1.54, 1.807) is 12.1 Å². The highest BCUT2D eigenvalue weighted by molar-refractivity contribution is 7.86. The maximum absolute atomic E-state index is 12.4. The first-order valence-corrected chi connectivity index (χ1v) is 16.6. The monoisotopic (exact) mass is 713 g/mol. The zero-order chi connectivity index (χ0) is 34.5. The van der Waals surface area contributed by atoms with Crippen LogP contribution in [-0.2, 0) is 20.2 Å². The van der Waals surface area contributed by atoms with Gasteiger partial charge in [-0.2, -0.15) is 46.7 Å². The van der Waals surface area contributed by atoms with Gasteiger partial charge < -0.3 is 25.4 Å².